The van der Waals surface area contributed by atoms with Gasteiger partial charge in [0.1, 0.15) is 0 Å². The summed E-state index contributed by atoms with van der Waals surface area (Å²) in [5, 5.41) is 3.51. The highest BCUT2D eigenvalue weighted by atomic mass is 16.5. The number of nitrogens with two attached hydrogens (primary N) is 1. The summed E-state index contributed by atoms with van der Waals surface area (Å²) in [6.07, 6.45) is 6.21. The van der Waals surface area contributed by atoms with Crippen LogP contribution in [-0.2, 0) is 0 Å². The van der Waals surface area contributed by atoms with E-state index in [1.54, 1.807) is 6.20 Å². The molecule has 1 aromatic heterocycles. The monoisotopic (exact) mass is 235 g/mol. The molecule has 0 radical (unpaired) electrons. The van der Waals surface area contributed by atoms with Crippen molar-refractivity contribution in [2.24, 2.45) is 5.73 Å². The highest BCUT2D eigenvalue weighted by Gasteiger charge is 2.19. The van der Waals surface area contributed by atoms with Gasteiger partial charge in [0, 0.05) is 18.3 Å². The molecule has 2 rings (SSSR count). The Morgan fingerprint density at radius 3 is 2.88 bits per heavy atom. The van der Waals surface area contributed by atoms with Gasteiger partial charge in [-0.05, 0) is 44.7 Å². The average molecular weight is 235 g/mol. The fraction of sp³-hybridized carbons (Fsp3) is 0.615. The lowest BCUT2D eigenvalue weighted by atomic mass is 9.92. The lowest BCUT2D eigenvalue weighted by Crippen LogP contribution is -2.32. The van der Waals surface area contributed by atoms with Crippen LogP contribution in [0.5, 0.6) is 5.88 Å². The molecule has 0 bridgehead atoms. The van der Waals surface area contributed by atoms with Gasteiger partial charge < -0.3 is 15.8 Å². The van der Waals surface area contributed by atoms with Gasteiger partial charge in [-0.15, -0.1) is 0 Å². The number of nitrogens with one attached hydrogen (secondary N) is 1. The van der Waals surface area contributed by atoms with E-state index in [0.29, 0.717) is 24.6 Å². The van der Waals surface area contributed by atoms with E-state index < -0.39 is 0 Å². The van der Waals surface area contributed by atoms with Crippen molar-refractivity contribution < 1.29 is 4.74 Å². The molecule has 4 nitrogen and oxygen atoms in total. The molecule has 1 aliphatic carbocycles. The summed E-state index contributed by atoms with van der Waals surface area (Å²) in [5.41, 5.74) is 6.90. The maximum Gasteiger partial charge on any atom is 0.237 e. The fourth-order valence-corrected chi connectivity index (χ4v) is 2.24. The normalized spacial score (nSPS) is 24.4. The molecule has 17 heavy (non-hydrogen) atoms. The fourth-order valence-electron chi connectivity index (χ4n) is 2.24. The first-order chi connectivity index (χ1) is 8.29. The van der Waals surface area contributed by atoms with Crippen LogP contribution in [0.3, 0.4) is 0 Å². The number of anilines is 1. The van der Waals surface area contributed by atoms with E-state index in [0.717, 1.165) is 31.4 Å². The number of rotatable bonds is 4. The van der Waals surface area contributed by atoms with Crippen LogP contribution in [0, 0.1) is 0 Å². The van der Waals surface area contributed by atoms with Crippen molar-refractivity contribution in [3.63, 3.8) is 0 Å². The summed E-state index contributed by atoms with van der Waals surface area (Å²) in [6, 6.07) is 4.83. The van der Waals surface area contributed by atoms with Crippen molar-refractivity contribution in [1.29, 1.82) is 0 Å². The van der Waals surface area contributed by atoms with Gasteiger partial charge in [0.2, 0.25) is 5.88 Å². The number of pyridine rings is 1. The molecule has 1 saturated carbocycles. The molecule has 1 aromatic rings. The van der Waals surface area contributed by atoms with Crippen molar-refractivity contribution in [3.8, 4) is 5.88 Å². The van der Waals surface area contributed by atoms with Crippen molar-refractivity contribution >= 4 is 5.69 Å². The summed E-state index contributed by atoms with van der Waals surface area (Å²) in [6.45, 7) is 2.61. The van der Waals surface area contributed by atoms with Crippen LogP contribution in [0.4, 0.5) is 5.69 Å². The SMILES string of the molecule is CCOc1ncccc1NC1CCC(N)CC1. The van der Waals surface area contributed by atoms with Crippen LogP contribution in [0.15, 0.2) is 18.3 Å². The zero-order valence-corrected chi connectivity index (χ0v) is 10.4. The molecule has 0 saturated heterocycles. The number of hydrogen-bond acceptors (Lipinski definition) is 4. The first kappa shape index (κ1) is 12.2. The third-order valence-electron chi connectivity index (χ3n) is 3.18. The van der Waals surface area contributed by atoms with Gasteiger partial charge in [0.25, 0.3) is 0 Å². The highest BCUT2D eigenvalue weighted by molar-refractivity contribution is 5.52. The largest absolute Gasteiger partial charge is 0.476 e. The maximum absolute atomic E-state index is 5.90. The molecule has 3 N–H and O–H groups in total. The predicted molar refractivity (Wildman–Crippen MR) is 69.3 cm³/mol. The van der Waals surface area contributed by atoms with Gasteiger partial charge >= 0.3 is 0 Å². The van der Waals surface area contributed by atoms with Crippen molar-refractivity contribution in [2.75, 3.05) is 11.9 Å². The molecule has 0 amide bonds. The van der Waals surface area contributed by atoms with Crippen LogP contribution >= 0.6 is 0 Å². The molecule has 0 spiro atoms. The molecule has 1 aliphatic rings. The minimum atomic E-state index is 0.383. The molecule has 0 aromatic carbocycles. The molecule has 0 unspecified atom stereocenters. The third-order valence-corrected chi connectivity index (χ3v) is 3.18. The maximum atomic E-state index is 5.90. The Kier molecular flexibility index (Phi) is 4.20. The van der Waals surface area contributed by atoms with Gasteiger partial charge in [-0.2, -0.15) is 0 Å². The molecule has 1 fully saturated rings. The minimum absolute atomic E-state index is 0.383. The second-order valence-electron chi connectivity index (χ2n) is 4.55. The Labute approximate surface area is 103 Å². The van der Waals surface area contributed by atoms with Crippen LogP contribution in [0.1, 0.15) is 32.6 Å². The van der Waals surface area contributed by atoms with Crippen LogP contribution in [0.25, 0.3) is 0 Å². The Hall–Kier alpha value is -1.29. The van der Waals surface area contributed by atoms with Crippen molar-refractivity contribution in [3.05, 3.63) is 18.3 Å². The number of aromatic nitrogens is 1. The van der Waals surface area contributed by atoms with Crippen LogP contribution < -0.4 is 15.8 Å². The van der Waals surface area contributed by atoms with Gasteiger partial charge in [0.05, 0.1) is 12.3 Å². The first-order valence-corrected chi connectivity index (χ1v) is 6.39. The predicted octanol–water partition coefficient (Wildman–Crippen LogP) is 2.16. The minimum Gasteiger partial charge on any atom is -0.476 e. The lowest BCUT2D eigenvalue weighted by Gasteiger charge is -2.28. The quantitative estimate of drug-likeness (QED) is 0.839. The summed E-state index contributed by atoms with van der Waals surface area (Å²) >= 11 is 0. The second kappa shape index (κ2) is 5.87. The molecule has 94 valence electrons. The molecule has 1 heterocycles. The number of hydrogen-bond donors (Lipinski definition) is 2. The van der Waals surface area contributed by atoms with Gasteiger partial charge in [-0.25, -0.2) is 4.98 Å². The zero-order chi connectivity index (χ0) is 12.1. The van der Waals surface area contributed by atoms with E-state index in [4.69, 9.17) is 10.5 Å². The Bertz CT molecular complexity index is 348. The lowest BCUT2D eigenvalue weighted by molar-refractivity contribution is 0.327. The molecular weight excluding hydrogens is 214 g/mol. The summed E-state index contributed by atoms with van der Waals surface area (Å²) in [4.78, 5) is 4.24. The highest BCUT2D eigenvalue weighted by Crippen LogP contribution is 2.26. The third kappa shape index (κ3) is 3.33. The summed E-state index contributed by atoms with van der Waals surface area (Å²) in [5.74, 6) is 0.699. The second-order valence-corrected chi connectivity index (χ2v) is 4.55. The average Bonchev–Trinajstić information content (AvgIpc) is 2.35. The molecule has 0 aliphatic heterocycles. The van der Waals surface area contributed by atoms with Gasteiger partial charge in [-0.1, -0.05) is 0 Å². The van der Waals surface area contributed by atoms with E-state index in [1.165, 1.54) is 0 Å². The zero-order valence-electron chi connectivity index (χ0n) is 10.4. The van der Waals surface area contributed by atoms with Crippen molar-refractivity contribution in [1.82, 2.24) is 4.98 Å². The first-order valence-electron chi connectivity index (χ1n) is 6.39. The summed E-state index contributed by atoms with van der Waals surface area (Å²) in [7, 11) is 0. The van der Waals surface area contributed by atoms with Gasteiger partial charge in [0.15, 0.2) is 0 Å². The number of nitrogens with zero attached hydrogens (tertiary/aromatic N) is 1. The van der Waals surface area contributed by atoms with Gasteiger partial charge in [-0.3, -0.25) is 0 Å². The van der Waals surface area contributed by atoms with E-state index >= 15 is 0 Å². The Morgan fingerprint density at radius 1 is 1.41 bits per heavy atom. The van der Waals surface area contributed by atoms with Crippen LogP contribution in [0.2, 0.25) is 0 Å². The summed E-state index contributed by atoms with van der Waals surface area (Å²) < 4.78 is 5.50. The topological polar surface area (TPSA) is 60.2 Å². The Balaban J connectivity index is 1.98. The molecule has 0 atom stereocenters. The molecular formula is C13H21N3O. The smallest absolute Gasteiger partial charge is 0.237 e. The van der Waals surface area contributed by atoms with E-state index in [1.807, 2.05) is 19.1 Å². The van der Waals surface area contributed by atoms with E-state index in [9.17, 15) is 0 Å². The molecule has 4 heteroatoms. The van der Waals surface area contributed by atoms with Crippen molar-refractivity contribution in [2.45, 2.75) is 44.7 Å². The standard InChI is InChI=1S/C13H21N3O/c1-2-17-13-12(4-3-9-15-13)16-11-7-5-10(14)6-8-11/h3-4,9-11,16H,2,5-8,14H2,1H3. The number of ether oxygens (including phenoxy) is 1. The van der Waals surface area contributed by atoms with Crippen LogP contribution in [-0.4, -0.2) is 23.7 Å². The van der Waals surface area contributed by atoms with E-state index in [-0.39, 0.29) is 0 Å². The Morgan fingerprint density at radius 2 is 2.18 bits per heavy atom. The van der Waals surface area contributed by atoms with E-state index in [2.05, 4.69) is 10.3 Å².